The molecule has 2 N–H and O–H groups in total. The van der Waals surface area contributed by atoms with Gasteiger partial charge in [-0.2, -0.15) is 0 Å². The lowest BCUT2D eigenvalue weighted by atomic mass is 9.98. The number of carbonyl (C=O) groups is 1. The second-order valence-corrected chi connectivity index (χ2v) is 10.6. The Kier molecular flexibility index (Phi) is 7.55. The highest BCUT2D eigenvalue weighted by atomic mass is 19.1. The van der Waals surface area contributed by atoms with Gasteiger partial charge >= 0.3 is 5.97 Å². The fraction of sp³-hybridized carbons (Fsp3) is 0.367. The van der Waals surface area contributed by atoms with Crippen molar-refractivity contribution >= 4 is 5.97 Å². The molecule has 0 saturated heterocycles. The molecule has 1 unspecified atom stereocenters. The molecule has 1 aliphatic carbocycles. The third kappa shape index (κ3) is 5.96. The molecule has 3 aromatic rings. The molecule has 2 aliphatic rings. The molecule has 0 spiro atoms. The lowest BCUT2D eigenvalue weighted by Gasteiger charge is -2.18. The van der Waals surface area contributed by atoms with Gasteiger partial charge in [0.25, 0.3) is 0 Å². The summed E-state index contributed by atoms with van der Waals surface area (Å²) in [6, 6.07) is 9.43. The number of hydrogen-bond donors (Lipinski definition) is 2. The van der Waals surface area contributed by atoms with Crippen molar-refractivity contribution < 1.29 is 47.1 Å². The Morgan fingerprint density at radius 2 is 1.77 bits per heavy atom. The molecule has 5 rings (SSSR count). The van der Waals surface area contributed by atoms with Gasteiger partial charge in [0.05, 0.1) is 25.2 Å². The van der Waals surface area contributed by atoms with Gasteiger partial charge in [0.2, 0.25) is 0 Å². The SMILES string of the molecule is CC(C)(O)CCOc1cc(F)c(Oc2ccc(F)c3c2CC[C@H]3Oc2ccc3c(c2)OCC3CC(=O)O)cc1F. The lowest BCUT2D eigenvalue weighted by molar-refractivity contribution is -0.137. The van der Waals surface area contributed by atoms with E-state index in [9.17, 15) is 23.1 Å². The number of ether oxygens (including phenoxy) is 4. The fourth-order valence-corrected chi connectivity index (χ4v) is 4.96. The first-order valence-corrected chi connectivity index (χ1v) is 13.0. The van der Waals surface area contributed by atoms with E-state index in [0.29, 0.717) is 29.9 Å². The van der Waals surface area contributed by atoms with E-state index in [1.165, 1.54) is 12.1 Å². The van der Waals surface area contributed by atoms with Crippen LogP contribution in [0.3, 0.4) is 0 Å². The van der Waals surface area contributed by atoms with Gasteiger partial charge < -0.3 is 29.2 Å². The normalized spacial score (nSPS) is 17.6. The zero-order chi connectivity index (χ0) is 28.6. The molecule has 0 aromatic heterocycles. The summed E-state index contributed by atoms with van der Waals surface area (Å²) >= 11 is 0. The van der Waals surface area contributed by atoms with Crippen molar-refractivity contribution in [1.82, 2.24) is 0 Å². The topological polar surface area (TPSA) is 94.5 Å². The van der Waals surface area contributed by atoms with Crippen LogP contribution < -0.4 is 18.9 Å². The van der Waals surface area contributed by atoms with Crippen molar-refractivity contribution in [3.05, 3.63) is 76.6 Å². The second kappa shape index (κ2) is 10.9. The van der Waals surface area contributed by atoms with E-state index in [0.717, 1.165) is 17.7 Å². The van der Waals surface area contributed by atoms with Gasteiger partial charge in [0.15, 0.2) is 23.1 Å². The summed E-state index contributed by atoms with van der Waals surface area (Å²) in [7, 11) is 0. The van der Waals surface area contributed by atoms with Gasteiger partial charge in [-0.25, -0.2) is 13.2 Å². The Balaban J connectivity index is 1.32. The number of aliphatic hydroxyl groups is 1. The zero-order valence-corrected chi connectivity index (χ0v) is 22.0. The van der Waals surface area contributed by atoms with E-state index in [4.69, 9.17) is 24.1 Å². The van der Waals surface area contributed by atoms with Crippen LogP contribution in [-0.2, 0) is 11.2 Å². The van der Waals surface area contributed by atoms with Gasteiger partial charge in [0.1, 0.15) is 29.2 Å². The molecule has 1 heterocycles. The average molecular weight is 559 g/mol. The molecule has 0 radical (unpaired) electrons. The predicted octanol–water partition coefficient (Wildman–Crippen LogP) is 6.45. The molecule has 7 nitrogen and oxygen atoms in total. The van der Waals surface area contributed by atoms with E-state index in [2.05, 4.69) is 0 Å². The molecular weight excluding hydrogens is 529 g/mol. The van der Waals surface area contributed by atoms with E-state index in [1.807, 2.05) is 0 Å². The van der Waals surface area contributed by atoms with Crippen LogP contribution in [0, 0.1) is 17.5 Å². The largest absolute Gasteiger partial charge is 0.492 e. The monoisotopic (exact) mass is 558 g/mol. The van der Waals surface area contributed by atoms with Crippen LogP contribution in [0.5, 0.6) is 28.7 Å². The maximum atomic E-state index is 15.0. The van der Waals surface area contributed by atoms with E-state index in [1.54, 1.807) is 32.0 Å². The van der Waals surface area contributed by atoms with Crippen LogP contribution in [0.15, 0.2) is 42.5 Å². The summed E-state index contributed by atoms with van der Waals surface area (Å²) in [5, 5.41) is 18.9. The van der Waals surface area contributed by atoms with Crippen molar-refractivity contribution in [2.75, 3.05) is 13.2 Å². The summed E-state index contributed by atoms with van der Waals surface area (Å²) in [6.45, 7) is 3.42. The first kappa shape index (κ1) is 27.6. The number of carboxylic acids is 1. The maximum Gasteiger partial charge on any atom is 0.304 e. The summed E-state index contributed by atoms with van der Waals surface area (Å²) in [4.78, 5) is 11.1. The van der Waals surface area contributed by atoms with E-state index >= 15 is 0 Å². The minimum Gasteiger partial charge on any atom is -0.492 e. The molecule has 10 heteroatoms. The van der Waals surface area contributed by atoms with Crippen molar-refractivity contribution in [2.45, 2.75) is 57.2 Å². The highest BCUT2D eigenvalue weighted by Crippen LogP contribution is 2.45. The Morgan fingerprint density at radius 1 is 1.02 bits per heavy atom. The van der Waals surface area contributed by atoms with Crippen LogP contribution in [0.4, 0.5) is 13.2 Å². The zero-order valence-electron chi connectivity index (χ0n) is 22.0. The lowest BCUT2D eigenvalue weighted by Crippen LogP contribution is -2.22. The molecule has 0 fully saturated rings. The molecular formula is C30H29F3O7. The van der Waals surface area contributed by atoms with Crippen molar-refractivity contribution in [3.8, 4) is 28.7 Å². The molecule has 1 aliphatic heterocycles. The molecule has 0 saturated carbocycles. The summed E-state index contributed by atoms with van der Waals surface area (Å²) in [6.07, 6.45) is 0.343. The molecule has 40 heavy (non-hydrogen) atoms. The van der Waals surface area contributed by atoms with Crippen molar-refractivity contribution in [3.63, 3.8) is 0 Å². The molecule has 0 amide bonds. The predicted molar refractivity (Wildman–Crippen MR) is 138 cm³/mol. The van der Waals surface area contributed by atoms with Crippen LogP contribution in [0.25, 0.3) is 0 Å². The number of hydrogen-bond acceptors (Lipinski definition) is 6. The van der Waals surface area contributed by atoms with Crippen LogP contribution in [-0.4, -0.2) is 35.0 Å². The summed E-state index contributed by atoms with van der Waals surface area (Å²) in [5.41, 5.74) is 0.540. The molecule has 3 aromatic carbocycles. The first-order chi connectivity index (χ1) is 19.0. The number of rotatable bonds is 10. The number of fused-ring (bicyclic) bond motifs is 2. The molecule has 212 valence electrons. The van der Waals surface area contributed by atoms with Crippen LogP contribution in [0.1, 0.15) is 61.8 Å². The standard InChI is InChI=1S/C30H29F3O7/c1-30(2,36)9-10-37-26-13-22(33)27(14-21(26)32)40-23-8-6-20(31)29-19(23)5-7-24(29)39-17-3-4-18-16(11-28(34)35)15-38-25(18)12-17/h3-4,6,8,12-14,16,24,36H,5,7,9-11,15H2,1-2H3,(H,34,35)/t16?,24-/m1/s1. The first-order valence-electron chi connectivity index (χ1n) is 13.0. The van der Waals surface area contributed by atoms with Crippen molar-refractivity contribution in [2.24, 2.45) is 0 Å². The van der Waals surface area contributed by atoms with Gasteiger partial charge in [-0.3, -0.25) is 4.79 Å². The van der Waals surface area contributed by atoms with Crippen LogP contribution in [0.2, 0.25) is 0 Å². The fourth-order valence-electron chi connectivity index (χ4n) is 4.96. The quantitative estimate of drug-likeness (QED) is 0.295. The van der Waals surface area contributed by atoms with Crippen LogP contribution >= 0.6 is 0 Å². The highest BCUT2D eigenvalue weighted by Gasteiger charge is 2.32. The number of carboxylic acid groups (broad SMARTS) is 1. The van der Waals surface area contributed by atoms with Gasteiger partial charge in [-0.1, -0.05) is 6.07 Å². The third-order valence-electron chi connectivity index (χ3n) is 6.98. The number of aliphatic carboxylic acids is 1. The van der Waals surface area contributed by atoms with Gasteiger partial charge in [-0.15, -0.1) is 0 Å². The van der Waals surface area contributed by atoms with E-state index in [-0.39, 0.29) is 54.8 Å². The second-order valence-electron chi connectivity index (χ2n) is 10.6. The summed E-state index contributed by atoms with van der Waals surface area (Å²) in [5.74, 6) is -2.89. The third-order valence-corrected chi connectivity index (χ3v) is 6.98. The highest BCUT2D eigenvalue weighted by molar-refractivity contribution is 5.68. The molecule has 0 bridgehead atoms. The molecule has 2 atom stereocenters. The average Bonchev–Trinajstić information content (AvgIpc) is 3.47. The van der Waals surface area contributed by atoms with Crippen molar-refractivity contribution in [1.29, 1.82) is 0 Å². The van der Waals surface area contributed by atoms with E-state index < -0.39 is 35.1 Å². The summed E-state index contributed by atoms with van der Waals surface area (Å²) < 4.78 is 67.1. The number of benzene rings is 3. The maximum absolute atomic E-state index is 15.0. The minimum atomic E-state index is -1.01. The minimum absolute atomic E-state index is 0.00775. The Bertz CT molecular complexity index is 1430. The number of halogens is 3. The Hall–Kier alpha value is -3.92. The van der Waals surface area contributed by atoms with Gasteiger partial charge in [0, 0.05) is 47.2 Å². The Morgan fingerprint density at radius 3 is 2.52 bits per heavy atom. The smallest absolute Gasteiger partial charge is 0.304 e. The van der Waals surface area contributed by atoms with Gasteiger partial charge in [-0.05, 0) is 44.9 Å². The Labute approximate surface area is 229 Å².